The number of benzene rings is 1. The smallest absolute Gasteiger partial charge is 0.134 e. The third-order valence-electron chi connectivity index (χ3n) is 2.08. The number of furan rings is 1. The van der Waals surface area contributed by atoms with Crippen LogP contribution in [0.25, 0.3) is 11.0 Å². The fourth-order valence-electron chi connectivity index (χ4n) is 1.40. The van der Waals surface area contributed by atoms with Crippen LogP contribution in [0.4, 0.5) is 0 Å². The molecule has 0 spiro atoms. The van der Waals surface area contributed by atoms with Crippen molar-refractivity contribution < 1.29 is 4.42 Å². The molecule has 0 saturated heterocycles. The number of rotatable bonds is 3. The van der Waals surface area contributed by atoms with Crippen LogP contribution in [0.15, 0.2) is 28.7 Å². The molecule has 1 aromatic carbocycles. The van der Waals surface area contributed by atoms with Gasteiger partial charge in [-0.15, -0.1) is 0 Å². The maximum atomic E-state index is 5.87. The van der Waals surface area contributed by atoms with Gasteiger partial charge in [0.1, 0.15) is 11.3 Å². The molecule has 2 rings (SSSR count). The molecule has 2 nitrogen and oxygen atoms in total. The van der Waals surface area contributed by atoms with Crippen molar-refractivity contribution in [1.29, 1.82) is 0 Å². The molecule has 0 atom stereocenters. The summed E-state index contributed by atoms with van der Waals surface area (Å²) in [6, 6.07) is 7.66. The topological polar surface area (TPSA) is 25.2 Å². The summed E-state index contributed by atoms with van der Waals surface area (Å²) in [5.41, 5.74) is 0.891. The second kappa shape index (κ2) is 4.03. The van der Waals surface area contributed by atoms with E-state index < -0.39 is 0 Å². The summed E-state index contributed by atoms with van der Waals surface area (Å²) in [6.45, 7) is 3.78. The molecule has 3 heteroatoms. The normalized spacial score (nSPS) is 11.0. The van der Waals surface area contributed by atoms with E-state index in [1.54, 1.807) is 0 Å². The average molecular weight is 210 g/mol. The van der Waals surface area contributed by atoms with Gasteiger partial charge in [0.25, 0.3) is 0 Å². The van der Waals surface area contributed by atoms with Crippen molar-refractivity contribution in [3.05, 3.63) is 35.0 Å². The van der Waals surface area contributed by atoms with E-state index in [9.17, 15) is 0 Å². The highest BCUT2D eigenvalue weighted by atomic mass is 35.5. The summed E-state index contributed by atoms with van der Waals surface area (Å²) >= 11 is 5.87. The van der Waals surface area contributed by atoms with E-state index in [-0.39, 0.29) is 0 Å². The first-order valence-corrected chi connectivity index (χ1v) is 5.06. The molecule has 14 heavy (non-hydrogen) atoms. The van der Waals surface area contributed by atoms with Crippen LogP contribution in [-0.2, 0) is 6.54 Å². The molecule has 1 N–H and O–H groups in total. The van der Waals surface area contributed by atoms with Gasteiger partial charge in [-0.2, -0.15) is 0 Å². The number of fused-ring (bicyclic) bond motifs is 1. The van der Waals surface area contributed by atoms with Crippen LogP contribution in [0.3, 0.4) is 0 Å². The predicted octanol–water partition coefficient (Wildman–Crippen LogP) is 3.20. The number of nitrogens with one attached hydrogen (secondary N) is 1. The van der Waals surface area contributed by atoms with Crippen LogP contribution in [0.5, 0.6) is 0 Å². The zero-order valence-electron chi connectivity index (χ0n) is 8.01. The Balaban J connectivity index is 2.32. The summed E-state index contributed by atoms with van der Waals surface area (Å²) in [7, 11) is 0. The maximum absolute atomic E-state index is 5.87. The second-order valence-electron chi connectivity index (χ2n) is 3.18. The standard InChI is InChI=1S/C11H12ClNO/c1-2-13-7-10-6-8-5-9(12)3-4-11(8)14-10/h3-6,13H,2,7H2,1H3. The van der Waals surface area contributed by atoms with E-state index in [1.807, 2.05) is 24.3 Å². The summed E-state index contributed by atoms with van der Waals surface area (Å²) < 4.78 is 5.60. The Labute approximate surface area is 87.9 Å². The fourth-order valence-corrected chi connectivity index (χ4v) is 1.59. The van der Waals surface area contributed by atoms with E-state index in [1.165, 1.54) is 0 Å². The third kappa shape index (κ3) is 1.91. The lowest BCUT2D eigenvalue weighted by atomic mass is 10.2. The Morgan fingerprint density at radius 1 is 1.36 bits per heavy atom. The van der Waals surface area contributed by atoms with Gasteiger partial charge in [0.2, 0.25) is 0 Å². The van der Waals surface area contributed by atoms with Crippen molar-refractivity contribution >= 4 is 22.6 Å². The molecular weight excluding hydrogens is 198 g/mol. The SMILES string of the molecule is CCNCc1cc2cc(Cl)ccc2o1. The van der Waals surface area contributed by atoms with E-state index in [0.29, 0.717) is 0 Å². The minimum atomic E-state index is 0.744. The molecule has 0 saturated carbocycles. The van der Waals surface area contributed by atoms with Gasteiger partial charge in [-0.05, 0) is 30.8 Å². The zero-order valence-corrected chi connectivity index (χ0v) is 8.77. The van der Waals surface area contributed by atoms with Crippen molar-refractivity contribution in [1.82, 2.24) is 5.32 Å². The molecule has 1 heterocycles. The molecule has 0 radical (unpaired) electrons. The first kappa shape index (κ1) is 9.56. The number of halogens is 1. The highest BCUT2D eigenvalue weighted by Gasteiger charge is 2.02. The quantitative estimate of drug-likeness (QED) is 0.840. The predicted molar refractivity (Wildman–Crippen MR) is 58.6 cm³/mol. The minimum absolute atomic E-state index is 0.744. The lowest BCUT2D eigenvalue weighted by Crippen LogP contribution is -2.10. The molecule has 0 unspecified atom stereocenters. The van der Waals surface area contributed by atoms with Crippen molar-refractivity contribution in [3.63, 3.8) is 0 Å². The largest absolute Gasteiger partial charge is 0.460 e. The van der Waals surface area contributed by atoms with E-state index in [2.05, 4.69) is 12.2 Å². The molecular formula is C11H12ClNO. The lowest BCUT2D eigenvalue weighted by molar-refractivity contribution is 0.520. The van der Waals surface area contributed by atoms with Crippen molar-refractivity contribution in [2.75, 3.05) is 6.54 Å². The highest BCUT2D eigenvalue weighted by Crippen LogP contribution is 2.22. The molecule has 0 aliphatic carbocycles. The van der Waals surface area contributed by atoms with Gasteiger partial charge < -0.3 is 9.73 Å². The zero-order chi connectivity index (χ0) is 9.97. The molecule has 0 bridgehead atoms. The van der Waals surface area contributed by atoms with Crippen molar-refractivity contribution in [2.45, 2.75) is 13.5 Å². The molecule has 0 fully saturated rings. The van der Waals surface area contributed by atoms with Gasteiger partial charge in [-0.25, -0.2) is 0 Å². The molecule has 1 aromatic heterocycles. The van der Waals surface area contributed by atoms with E-state index in [4.69, 9.17) is 16.0 Å². The van der Waals surface area contributed by atoms with Crippen LogP contribution in [0.1, 0.15) is 12.7 Å². The number of hydrogen-bond donors (Lipinski definition) is 1. The number of hydrogen-bond acceptors (Lipinski definition) is 2. The van der Waals surface area contributed by atoms with E-state index >= 15 is 0 Å². The lowest BCUT2D eigenvalue weighted by Gasteiger charge is -1.94. The average Bonchev–Trinajstić information content (AvgIpc) is 2.56. The Hall–Kier alpha value is -0.990. The minimum Gasteiger partial charge on any atom is -0.460 e. The van der Waals surface area contributed by atoms with Crippen LogP contribution in [0, 0.1) is 0 Å². The molecule has 0 aliphatic rings. The Morgan fingerprint density at radius 3 is 3.00 bits per heavy atom. The fraction of sp³-hybridized carbons (Fsp3) is 0.273. The van der Waals surface area contributed by atoms with Crippen LogP contribution >= 0.6 is 11.6 Å². The van der Waals surface area contributed by atoms with E-state index in [0.717, 1.165) is 34.8 Å². The van der Waals surface area contributed by atoms with Crippen LogP contribution in [0.2, 0.25) is 5.02 Å². The monoisotopic (exact) mass is 209 g/mol. The van der Waals surface area contributed by atoms with Gasteiger partial charge in [0, 0.05) is 10.4 Å². The van der Waals surface area contributed by atoms with Gasteiger partial charge in [-0.1, -0.05) is 18.5 Å². The van der Waals surface area contributed by atoms with Crippen molar-refractivity contribution in [3.8, 4) is 0 Å². The van der Waals surface area contributed by atoms with Gasteiger partial charge in [-0.3, -0.25) is 0 Å². The Kier molecular flexibility index (Phi) is 2.75. The summed E-state index contributed by atoms with van der Waals surface area (Å²) in [5, 5.41) is 5.02. The maximum Gasteiger partial charge on any atom is 0.134 e. The van der Waals surface area contributed by atoms with Crippen molar-refractivity contribution in [2.24, 2.45) is 0 Å². The van der Waals surface area contributed by atoms with Gasteiger partial charge in [0.15, 0.2) is 0 Å². The van der Waals surface area contributed by atoms with Crippen LogP contribution < -0.4 is 5.32 Å². The summed E-state index contributed by atoms with van der Waals surface area (Å²) in [6.07, 6.45) is 0. The Morgan fingerprint density at radius 2 is 2.21 bits per heavy atom. The first-order valence-electron chi connectivity index (χ1n) is 4.68. The summed E-state index contributed by atoms with van der Waals surface area (Å²) in [5.74, 6) is 0.948. The van der Waals surface area contributed by atoms with Gasteiger partial charge in [0.05, 0.1) is 6.54 Å². The second-order valence-corrected chi connectivity index (χ2v) is 3.61. The Bertz CT molecular complexity index is 436. The third-order valence-corrected chi connectivity index (χ3v) is 2.31. The molecule has 2 aromatic rings. The highest BCUT2D eigenvalue weighted by molar-refractivity contribution is 6.31. The molecule has 0 aliphatic heterocycles. The first-order chi connectivity index (χ1) is 6.79. The molecule has 0 amide bonds. The van der Waals surface area contributed by atoms with Crippen LogP contribution in [-0.4, -0.2) is 6.54 Å². The van der Waals surface area contributed by atoms with Gasteiger partial charge >= 0.3 is 0 Å². The molecule has 74 valence electrons. The summed E-state index contributed by atoms with van der Waals surface area (Å²) in [4.78, 5) is 0.